The molecule has 0 bridgehead atoms. The van der Waals surface area contributed by atoms with Crippen molar-refractivity contribution in [3.63, 3.8) is 0 Å². The number of hydrogen-bond donors (Lipinski definition) is 2. The molecule has 6 nitrogen and oxygen atoms in total. The maximum atomic E-state index is 12.2. The monoisotopic (exact) mass is 341 g/mol. The van der Waals surface area contributed by atoms with Gasteiger partial charge in [-0.2, -0.15) is 0 Å². The van der Waals surface area contributed by atoms with Crippen LogP contribution in [0.1, 0.15) is 38.6 Å². The molecule has 2 aliphatic heterocycles. The van der Waals surface area contributed by atoms with Gasteiger partial charge in [-0.1, -0.05) is 6.07 Å². The molecule has 4 rings (SSSR count). The normalized spacial score (nSPS) is 23.8. The number of nitrogens with one attached hydrogen (secondary N) is 1. The Morgan fingerprint density at radius 1 is 1.20 bits per heavy atom. The van der Waals surface area contributed by atoms with E-state index in [0.717, 1.165) is 42.5 Å². The second kappa shape index (κ2) is 5.88. The number of rotatable bonds is 2. The number of anilines is 1. The van der Waals surface area contributed by atoms with Gasteiger partial charge in [-0.25, -0.2) is 0 Å². The molecule has 132 valence electrons. The Labute approximate surface area is 146 Å². The van der Waals surface area contributed by atoms with Gasteiger partial charge in [0.1, 0.15) is 6.04 Å². The van der Waals surface area contributed by atoms with Gasteiger partial charge in [-0.05, 0) is 44.4 Å². The zero-order valence-electron chi connectivity index (χ0n) is 14.4. The zero-order valence-corrected chi connectivity index (χ0v) is 14.4. The first-order chi connectivity index (χ1) is 11.9. The molecule has 2 aliphatic rings. The first kappa shape index (κ1) is 16.1. The van der Waals surface area contributed by atoms with Crippen LogP contribution in [0.25, 0.3) is 10.9 Å². The number of imide groups is 1. The Morgan fingerprint density at radius 2 is 1.96 bits per heavy atom. The van der Waals surface area contributed by atoms with Gasteiger partial charge in [0, 0.05) is 36.8 Å². The molecule has 2 aromatic rings. The van der Waals surface area contributed by atoms with Crippen molar-refractivity contribution in [3.05, 3.63) is 30.5 Å². The number of carbonyl (C=O) groups is 2. The van der Waals surface area contributed by atoms with E-state index in [1.807, 2.05) is 35.9 Å². The van der Waals surface area contributed by atoms with Crippen LogP contribution in [0, 0.1) is 0 Å². The van der Waals surface area contributed by atoms with Crippen molar-refractivity contribution in [2.75, 3.05) is 18.0 Å². The highest BCUT2D eigenvalue weighted by atomic mass is 16.3. The first-order valence-electron chi connectivity index (χ1n) is 8.85. The van der Waals surface area contributed by atoms with Crippen LogP contribution in [-0.2, 0) is 9.59 Å². The number of benzene rings is 1. The Hall–Kier alpha value is -2.34. The van der Waals surface area contributed by atoms with Crippen molar-refractivity contribution in [1.82, 2.24) is 9.88 Å². The summed E-state index contributed by atoms with van der Waals surface area (Å²) < 4.78 is 1.97. The van der Waals surface area contributed by atoms with E-state index in [0.29, 0.717) is 12.8 Å². The smallest absolute Gasteiger partial charge is 0.249 e. The van der Waals surface area contributed by atoms with E-state index in [1.165, 1.54) is 0 Å². The summed E-state index contributed by atoms with van der Waals surface area (Å²) in [5, 5.41) is 13.7. The second-order valence-corrected chi connectivity index (χ2v) is 7.38. The van der Waals surface area contributed by atoms with Crippen molar-refractivity contribution in [2.45, 2.75) is 44.2 Å². The van der Waals surface area contributed by atoms with Crippen LogP contribution >= 0.6 is 0 Å². The maximum Gasteiger partial charge on any atom is 0.249 e. The highest BCUT2D eigenvalue weighted by Gasteiger charge is 2.30. The van der Waals surface area contributed by atoms with Crippen LogP contribution in [0.3, 0.4) is 0 Å². The lowest BCUT2D eigenvalue weighted by atomic mass is 9.93. The zero-order chi connectivity index (χ0) is 17.6. The van der Waals surface area contributed by atoms with Crippen LogP contribution < -0.4 is 10.2 Å². The molecule has 2 fully saturated rings. The molecular formula is C19H23N3O3. The third kappa shape index (κ3) is 2.91. The van der Waals surface area contributed by atoms with E-state index in [4.69, 9.17) is 0 Å². The van der Waals surface area contributed by atoms with Crippen LogP contribution in [0.4, 0.5) is 5.69 Å². The Bertz CT molecular complexity index is 830. The summed E-state index contributed by atoms with van der Waals surface area (Å²) in [5.41, 5.74) is 1.56. The minimum absolute atomic E-state index is 0.196. The van der Waals surface area contributed by atoms with Crippen molar-refractivity contribution >= 4 is 28.4 Å². The van der Waals surface area contributed by atoms with Gasteiger partial charge in [0.2, 0.25) is 11.8 Å². The van der Waals surface area contributed by atoms with E-state index >= 15 is 0 Å². The number of fused-ring (bicyclic) bond motifs is 1. The lowest BCUT2D eigenvalue weighted by molar-refractivity contribution is -0.135. The fourth-order valence-electron chi connectivity index (χ4n) is 3.90. The van der Waals surface area contributed by atoms with E-state index < -0.39 is 5.60 Å². The standard InChI is InChI=1S/C19H23N3O3/c1-19(25)8-11-21(12-9-19)14-3-2-4-15-13(14)7-10-22(15)16-5-6-17(23)20-18(16)24/h2-4,7,10,16,25H,5-6,8-9,11-12H2,1H3,(H,20,23,24). The quantitative estimate of drug-likeness (QED) is 0.819. The number of nitrogens with zero attached hydrogens (tertiary/aromatic N) is 2. The van der Waals surface area contributed by atoms with Crippen LogP contribution in [-0.4, -0.2) is 40.2 Å². The van der Waals surface area contributed by atoms with Gasteiger partial charge >= 0.3 is 0 Å². The molecule has 0 spiro atoms. The van der Waals surface area contributed by atoms with E-state index in [1.54, 1.807) is 0 Å². The van der Waals surface area contributed by atoms with Gasteiger partial charge in [-0.3, -0.25) is 14.9 Å². The predicted octanol–water partition coefficient (Wildman–Crippen LogP) is 1.97. The first-order valence-corrected chi connectivity index (χ1v) is 8.85. The summed E-state index contributed by atoms with van der Waals surface area (Å²) in [4.78, 5) is 25.9. The molecular weight excluding hydrogens is 318 g/mol. The molecule has 1 aromatic heterocycles. The van der Waals surface area contributed by atoms with E-state index in [2.05, 4.69) is 16.3 Å². The molecule has 2 N–H and O–H groups in total. The molecule has 2 amide bonds. The Balaban J connectivity index is 1.67. The van der Waals surface area contributed by atoms with E-state index in [9.17, 15) is 14.7 Å². The maximum absolute atomic E-state index is 12.2. The van der Waals surface area contributed by atoms with Gasteiger partial charge in [0.25, 0.3) is 0 Å². The summed E-state index contributed by atoms with van der Waals surface area (Å²) in [6.45, 7) is 3.52. The van der Waals surface area contributed by atoms with Crippen LogP contribution in [0.15, 0.2) is 30.5 Å². The SMILES string of the molecule is CC1(O)CCN(c2cccc3c2ccn3C2CCC(=O)NC2=O)CC1. The third-order valence-corrected chi connectivity index (χ3v) is 5.47. The minimum atomic E-state index is -0.580. The van der Waals surface area contributed by atoms with Crippen molar-refractivity contribution in [1.29, 1.82) is 0 Å². The topological polar surface area (TPSA) is 74.6 Å². The molecule has 25 heavy (non-hydrogen) atoms. The summed E-state index contributed by atoms with van der Waals surface area (Å²) in [5.74, 6) is -0.424. The summed E-state index contributed by atoms with van der Waals surface area (Å²) in [6, 6.07) is 7.82. The average molecular weight is 341 g/mol. The number of hydrogen-bond acceptors (Lipinski definition) is 4. The number of amides is 2. The van der Waals surface area contributed by atoms with Crippen LogP contribution in [0.2, 0.25) is 0 Å². The highest BCUT2D eigenvalue weighted by molar-refractivity contribution is 6.01. The van der Waals surface area contributed by atoms with Crippen LogP contribution in [0.5, 0.6) is 0 Å². The van der Waals surface area contributed by atoms with Crippen molar-refractivity contribution in [2.24, 2.45) is 0 Å². The Kier molecular flexibility index (Phi) is 3.80. The minimum Gasteiger partial charge on any atom is -0.390 e. The number of aromatic nitrogens is 1. The summed E-state index contributed by atoms with van der Waals surface area (Å²) in [6.07, 6.45) is 4.34. The highest BCUT2D eigenvalue weighted by Crippen LogP contribution is 2.34. The Morgan fingerprint density at radius 3 is 2.68 bits per heavy atom. The molecule has 1 aromatic carbocycles. The average Bonchev–Trinajstić information content (AvgIpc) is 2.99. The lowest BCUT2D eigenvalue weighted by Gasteiger charge is -2.37. The van der Waals surface area contributed by atoms with Crippen molar-refractivity contribution in [3.8, 4) is 0 Å². The fourth-order valence-corrected chi connectivity index (χ4v) is 3.90. The van der Waals surface area contributed by atoms with E-state index in [-0.39, 0.29) is 17.9 Å². The largest absolute Gasteiger partial charge is 0.390 e. The van der Waals surface area contributed by atoms with Gasteiger partial charge in [0.05, 0.1) is 11.1 Å². The molecule has 3 heterocycles. The predicted molar refractivity (Wildman–Crippen MR) is 95.4 cm³/mol. The van der Waals surface area contributed by atoms with Gasteiger partial charge in [-0.15, -0.1) is 0 Å². The molecule has 0 saturated carbocycles. The van der Waals surface area contributed by atoms with Gasteiger partial charge in [0.15, 0.2) is 0 Å². The fraction of sp³-hybridized carbons (Fsp3) is 0.474. The molecule has 2 saturated heterocycles. The third-order valence-electron chi connectivity index (χ3n) is 5.47. The molecule has 1 unspecified atom stereocenters. The number of piperidine rings is 2. The summed E-state index contributed by atoms with van der Waals surface area (Å²) >= 11 is 0. The van der Waals surface area contributed by atoms with Gasteiger partial charge < -0.3 is 14.6 Å². The molecule has 0 radical (unpaired) electrons. The molecule has 0 aliphatic carbocycles. The lowest BCUT2D eigenvalue weighted by Crippen LogP contribution is -2.42. The van der Waals surface area contributed by atoms with Crippen molar-refractivity contribution < 1.29 is 14.7 Å². The number of aliphatic hydroxyl groups is 1. The summed E-state index contributed by atoms with van der Waals surface area (Å²) in [7, 11) is 0. The number of carbonyl (C=O) groups excluding carboxylic acids is 2. The molecule has 1 atom stereocenters. The molecule has 6 heteroatoms. The second-order valence-electron chi connectivity index (χ2n) is 7.38.